The van der Waals surface area contributed by atoms with Gasteiger partial charge in [0.1, 0.15) is 18.3 Å². The predicted octanol–water partition coefficient (Wildman–Crippen LogP) is 1.22. The van der Waals surface area contributed by atoms with Crippen LogP contribution >= 0.6 is 0 Å². The van der Waals surface area contributed by atoms with Gasteiger partial charge in [-0.2, -0.15) is 4.31 Å². The quantitative estimate of drug-likeness (QED) is 0.414. The Morgan fingerprint density at radius 1 is 0.880 bits per heavy atom. The summed E-state index contributed by atoms with van der Waals surface area (Å²) in [5.74, 6) is 0. The fourth-order valence-corrected chi connectivity index (χ4v) is 4.91. The summed E-state index contributed by atoms with van der Waals surface area (Å²) < 4.78 is 32.5. The maximum atomic E-state index is 12.9. The Bertz CT molecular complexity index is 446. The third-order valence-corrected chi connectivity index (χ3v) is 6.74. The van der Waals surface area contributed by atoms with Gasteiger partial charge in [0.25, 0.3) is 0 Å². The third-order valence-electron chi connectivity index (χ3n) is 4.67. The Kier molecular flexibility index (Phi) is 10.4. The van der Waals surface area contributed by atoms with E-state index in [1.807, 2.05) is 0 Å². The monoisotopic (exact) mass is 381 g/mol. The molecule has 4 atom stereocenters. The molecule has 0 bridgehead atoms. The fourth-order valence-electron chi connectivity index (χ4n) is 3.05. The molecule has 0 aromatic heterocycles. The summed E-state index contributed by atoms with van der Waals surface area (Å²) in [5.41, 5.74) is -1.52. The van der Waals surface area contributed by atoms with Crippen LogP contribution in [0.1, 0.15) is 65.2 Å². The average molecular weight is 382 g/mol. The molecule has 3 N–H and O–H groups in total. The highest BCUT2D eigenvalue weighted by Gasteiger charge is 2.50. The second kappa shape index (κ2) is 11.5. The van der Waals surface area contributed by atoms with E-state index in [-0.39, 0.29) is 0 Å². The SMILES string of the molecule is CCCCCCN(CCCCCC)S(=O)(=O)[C@@H]1O[C@@H](CO)[C@H](O)[C@H]1O. The molecule has 1 rings (SSSR count). The van der Waals surface area contributed by atoms with Crippen molar-refractivity contribution in [3.63, 3.8) is 0 Å². The molecule has 8 heteroatoms. The maximum Gasteiger partial charge on any atom is 0.244 e. The van der Waals surface area contributed by atoms with Crippen LogP contribution in [0.3, 0.4) is 0 Å². The largest absolute Gasteiger partial charge is 0.394 e. The van der Waals surface area contributed by atoms with Crippen LogP contribution in [0.25, 0.3) is 0 Å². The Morgan fingerprint density at radius 2 is 1.40 bits per heavy atom. The van der Waals surface area contributed by atoms with E-state index in [1.165, 1.54) is 4.31 Å². The molecule has 1 heterocycles. The topological polar surface area (TPSA) is 107 Å². The van der Waals surface area contributed by atoms with Crippen LogP contribution in [0.5, 0.6) is 0 Å². The highest BCUT2D eigenvalue weighted by Crippen LogP contribution is 2.28. The first-order valence-corrected chi connectivity index (χ1v) is 11.0. The molecule has 0 aliphatic carbocycles. The van der Waals surface area contributed by atoms with E-state index in [0.717, 1.165) is 51.4 Å². The molecule has 0 aromatic carbocycles. The van der Waals surface area contributed by atoms with Crippen LogP contribution in [-0.2, 0) is 14.8 Å². The van der Waals surface area contributed by atoms with E-state index in [0.29, 0.717) is 13.1 Å². The standard InChI is InChI=1S/C17H35NO6S/c1-3-5-7-9-11-18(12-10-8-6-4-2)25(22,23)17-16(21)15(20)14(13-19)24-17/h14-17,19-21H,3-13H2,1-2H3/t14-,15-,16+,17-/m0/s1. The zero-order valence-corrected chi connectivity index (χ0v) is 16.3. The van der Waals surface area contributed by atoms with Gasteiger partial charge in [-0.3, -0.25) is 0 Å². The van der Waals surface area contributed by atoms with Gasteiger partial charge in [-0.1, -0.05) is 52.4 Å². The van der Waals surface area contributed by atoms with Crippen LogP contribution in [0.4, 0.5) is 0 Å². The van der Waals surface area contributed by atoms with Gasteiger partial charge < -0.3 is 20.1 Å². The Hall–Kier alpha value is -0.250. The number of aliphatic hydroxyl groups excluding tert-OH is 3. The predicted molar refractivity (Wildman–Crippen MR) is 96.5 cm³/mol. The minimum absolute atomic E-state index is 0.390. The molecule has 0 spiro atoms. The molecule has 1 aliphatic rings. The van der Waals surface area contributed by atoms with E-state index in [2.05, 4.69) is 13.8 Å². The molecule has 0 unspecified atom stereocenters. The maximum absolute atomic E-state index is 12.9. The molecule has 25 heavy (non-hydrogen) atoms. The van der Waals surface area contributed by atoms with Crippen molar-refractivity contribution in [1.82, 2.24) is 4.31 Å². The van der Waals surface area contributed by atoms with Crippen LogP contribution < -0.4 is 0 Å². The molecular formula is C17H35NO6S. The van der Waals surface area contributed by atoms with E-state index in [1.54, 1.807) is 0 Å². The van der Waals surface area contributed by atoms with E-state index < -0.39 is 40.4 Å². The summed E-state index contributed by atoms with van der Waals surface area (Å²) >= 11 is 0. The van der Waals surface area contributed by atoms with Gasteiger partial charge in [-0.15, -0.1) is 0 Å². The number of nitrogens with zero attached hydrogens (tertiary/aromatic N) is 1. The summed E-state index contributed by atoms with van der Waals surface area (Å²) in [6.07, 6.45) is 3.65. The minimum Gasteiger partial charge on any atom is -0.394 e. The minimum atomic E-state index is -3.91. The number of hydrogen-bond donors (Lipinski definition) is 3. The first-order chi connectivity index (χ1) is 11.9. The van der Waals surface area contributed by atoms with Crippen molar-refractivity contribution in [1.29, 1.82) is 0 Å². The van der Waals surface area contributed by atoms with Crippen molar-refractivity contribution < 1.29 is 28.5 Å². The van der Waals surface area contributed by atoms with Gasteiger partial charge in [0, 0.05) is 13.1 Å². The molecule has 150 valence electrons. The molecule has 0 amide bonds. The van der Waals surface area contributed by atoms with Gasteiger partial charge in [0.05, 0.1) is 6.61 Å². The smallest absolute Gasteiger partial charge is 0.244 e. The Labute approximate surface area is 152 Å². The summed E-state index contributed by atoms with van der Waals surface area (Å²) in [7, 11) is -3.91. The van der Waals surface area contributed by atoms with Crippen molar-refractivity contribution in [3.8, 4) is 0 Å². The number of rotatable bonds is 13. The second-order valence-electron chi connectivity index (χ2n) is 6.77. The van der Waals surface area contributed by atoms with Crippen LogP contribution in [0, 0.1) is 0 Å². The van der Waals surface area contributed by atoms with Gasteiger partial charge in [0.2, 0.25) is 15.5 Å². The second-order valence-corrected chi connectivity index (χ2v) is 8.78. The molecule has 0 saturated carbocycles. The normalized spacial score (nSPS) is 27.3. The van der Waals surface area contributed by atoms with E-state index in [9.17, 15) is 23.7 Å². The van der Waals surface area contributed by atoms with Crippen molar-refractivity contribution in [3.05, 3.63) is 0 Å². The fraction of sp³-hybridized carbons (Fsp3) is 1.00. The molecule has 1 fully saturated rings. The van der Waals surface area contributed by atoms with Gasteiger partial charge in [0.15, 0.2) is 0 Å². The Balaban J connectivity index is 2.78. The summed E-state index contributed by atoms with van der Waals surface area (Å²) in [6.45, 7) is 4.44. The van der Waals surface area contributed by atoms with Crippen LogP contribution in [0.15, 0.2) is 0 Å². The number of unbranched alkanes of at least 4 members (excludes halogenated alkanes) is 6. The highest BCUT2D eigenvalue weighted by molar-refractivity contribution is 7.89. The summed E-state index contributed by atoms with van der Waals surface area (Å²) in [4.78, 5) is 0. The molecular weight excluding hydrogens is 346 g/mol. The van der Waals surface area contributed by atoms with Crippen molar-refractivity contribution >= 4 is 10.0 Å². The highest BCUT2D eigenvalue weighted by atomic mass is 32.2. The number of ether oxygens (including phenoxy) is 1. The van der Waals surface area contributed by atoms with Gasteiger partial charge in [-0.05, 0) is 12.8 Å². The zero-order valence-electron chi connectivity index (χ0n) is 15.5. The first-order valence-electron chi connectivity index (χ1n) is 9.51. The molecule has 0 radical (unpaired) electrons. The van der Waals surface area contributed by atoms with Gasteiger partial charge in [-0.25, -0.2) is 8.42 Å². The lowest BCUT2D eigenvalue weighted by Crippen LogP contribution is -2.45. The first kappa shape index (κ1) is 22.8. The number of hydrogen-bond acceptors (Lipinski definition) is 6. The Morgan fingerprint density at radius 3 is 1.80 bits per heavy atom. The molecule has 0 aromatic rings. The molecule has 1 aliphatic heterocycles. The van der Waals surface area contributed by atoms with Crippen molar-refractivity contribution in [2.45, 2.75) is 89.0 Å². The van der Waals surface area contributed by atoms with Crippen molar-refractivity contribution in [2.75, 3.05) is 19.7 Å². The lowest BCUT2D eigenvalue weighted by Gasteiger charge is -2.26. The summed E-state index contributed by atoms with van der Waals surface area (Å²) in [5, 5.41) is 29.1. The van der Waals surface area contributed by atoms with Gasteiger partial charge >= 0.3 is 0 Å². The number of sulfonamides is 1. The van der Waals surface area contributed by atoms with Crippen LogP contribution in [0.2, 0.25) is 0 Å². The van der Waals surface area contributed by atoms with E-state index in [4.69, 9.17) is 4.74 Å². The molecule has 7 nitrogen and oxygen atoms in total. The lowest BCUT2D eigenvalue weighted by molar-refractivity contribution is -0.00925. The van der Waals surface area contributed by atoms with Crippen LogP contribution in [-0.4, -0.2) is 71.5 Å². The van der Waals surface area contributed by atoms with Crippen molar-refractivity contribution in [2.24, 2.45) is 0 Å². The molecule has 1 saturated heterocycles. The third kappa shape index (κ3) is 6.45. The van der Waals surface area contributed by atoms with E-state index >= 15 is 0 Å². The lowest BCUT2D eigenvalue weighted by atomic mass is 10.2. The average Bonchev–Trinajstić information content (AvgIpc) is 2.88. The summed E-state index contributed by atoms with van der Waals surface area (Å²) in [6, 6.07) is 0. The number of aliphatic hydroxyl groups is 3. The zero-order chi connectivity index (χ0) is 18.9.